The van der Waals surface area contributed by atoms with E-state index in [1.165, 1.54) is 12.3 Å². The first-order valence-electron chi connectivity index (χ1n) is 9.65. The normalized spacial score (nSPS) is 29.3. The van der Waals surface area contributed by atoms with Gasteiger partial charge in [0.15, 0.2) is 11.5 Å². The van der Waals surface area contributed by atoms with Gasteiger partial charge in [0.25, 0.3) is 0 Å². The topological polar surface area (TPSA) is 71.3 Å². The molecule has 0 spiro atoms. The molecule has 1 aromatic carbocycles. The molecular formula is C20H23FN3O3+. The fourth-order valence-electron chi connectivity index (χ4n) is 5.69. The molecule has 5 rings (SSSR count). The Morgan fingerprint density at radius 1 is 1.41 bits per heavy atom. The number of benzene rings is 1. The van der Waals surface area contributed by atoms with E-state index in [1.807, 2.05) is 11.5 Å². The van der Waals surface area contributed by atoms with Gasteiger partial charge in [-0.05, 0) is 13.0 Å². The molecule has 6 nitrogen and oxygen atoms in total. The molecule has 2 saturated heterocycles. The lowest BCUT2D eigenvalue weighted by Crippen LogP contribution is -2.63. The van der Waals surface area contributed by atoms with Crippen molar-refractivity contribution in [2.75, 3.05) is 26.2 Å². The monoisotopic (exact) mass is 372 g/mol. The van der Waals surface area contributed by atoms with Crippen LogP contribution in [0.2, 0.25) is 0 Å². The average molecular weight is 372 g/mol. The maximum absolute atomic E-state index is 15.5. The maximum Gasteiger partial charge on any atom is 0.341 e. The van der Waals surface area contributed by atoms with Crippen LogP contribution in [0.25, 0.3) is 10.9 Å². The Morgan fingerprint density at radius 3 is 3.00 bits per heavy atom. The van der Waals surface area contributed by atoms with Gasteiger partial charge in [0.2, 0.25) is 5.43 Å². The Balaban J connectivity index is 1.85. The van der Waals surface area contributed by atoms with Crippen LogP contribution in [0.5, 0.6) is 0 Å². The maximum atomic E-state index is 15.5. The van der Waals surface area contributed by atoms with E-state index in [4.69, 9.17) is 0 Å². The fourth-order valence-corrected chi connectivity index (χ4v) is 5.69. The molecule has 0 amide bonds. The van der Waals surface area contributed by atoms with Crippen molar-refractivity contribution < 1.29 is 14.3 Å². The summed E-state index contributed by atoms with van der Waals surface area (Å²) in [6, 6.07) is 1.65. The summed E-state index contributed by atoms with van der Waals surface area (Å²) in [6.07, 6.45) is 4.22. The number of hydrogen-bond acceptors (Lipinski definition) is 3. The number of pyridine rings is 1. The first kappa shape index (κ1) is 16.9. The molecular weight excluding hydrogens is 349 g/mol. The summed E-state index contributed by atoms with van der Waals surface area (Å²) < 4.78 is 18.0. The van der Waals surface area contributed by atoms with E-state index in [0.29, 0.717) is 16.9 Å². The van der Waals surface area contributed by atoms with Crippen molar-refractivity contribution in [3.8, 4) is 0 Å². The molecule has 142 valence electrons. The molecule has 2 aromatic rings. The van der Waals surface area contributed by atoms with Gasteiger partial charge in [-0.15, -0.1) is 0 Å². The zero-order valence-electron chi connectivity index (χ0n) is 15.3. The van der Waals surface area contributed by atoms with Gasteiger partial charge in [-0.25, -0.2) is 9.18 Å². The number of fused-ring (bicyclic) bond motifs is 1. The summed E-state index contributed by atoms with van der Waals surface area (Å²) in [5.74, 6) is -1.62. The zero-order chi connectivity index (χ0) is 18.9. The molecule has 0 saturated carbocycles. The predicted octanol–water partition coefficient (Wildman–Crippen LogP) is 2.03. The van der Waals surface area contributed by atoms with E-state index in [9.17, 15) is 14.7 Å². The quantitative estimate of drug-likeness (QED) is 0.792. The van der Waals surface area contributed by atoms with Gasteiger partial charge < -0.3 is 15.0 Å². The number of nitrogens with one attached hydrogen (secondary N) is 1. The summed E-state index contributed by atoms with van der Waals surface area (Å²) in [5, 5.41) is 13.0. The van der Waals surface area contributed by atoms with Gasteiger partial charge >= 0.3 is 5.97 Å². The highest BCUT2D eigenvalue weighted by Gasteiger charge is 2.49. The van der Waals surface area contributed by atoms with Crippen molar-refractivity contribution in [1.82, 2.24) is 14.4 Å². The Bertz CT molecular complexity index is 1050. The van der Waals surface area contributed by atoms with Crippen LogP contribution in [-0.4, -0.2) is 47.9 Å². The second-order valence-electron chi connectivity index (χ2n) is 8.20. The summed E-state index contributed by atoms with van der Waals surface area (Å²) >= 11 is 0. The molecule has 4 heterocycles. The molecule has 2 N–H and O–H groups in total. The van der Waals surface area contributed by atoms with Crippen LogP contribution in [0, 0.1) is 5.82 Å². The lowest BCUT2D eigenvalue weighted by molar-refractivity contribution is 0.0694. The minimum atomic E-state index is -1.26. The number of piperazine rings is 1. The molecule has 0 aliphatic carbocycles. The summed E-state index contributed by atoms with van der Waals surface area (Å²) in [7, 11) is 0. The highest BCUT2D eigenvalue weighted by atomic mass is 19.1. The van der Waals surface area contributed by atoms with E-state index in [-0.39, 0.29) is 22.8 Å². The van der Waals surface area contributed by atoms with Crippen LogP contribution >= 0.6 is 0 Å². The number of rotatable bonds is 2. The number of aromatic carboxylic acids is 1. The Kier molecular flexibility index (Phi) is 3.52. The third kappa shape index (κ3) is 2.12. The largest absolute Gasteiger partial charge is 0.477 e. The Hall–Kier alpha value is -2.25. The molecule has 0 bridgehead atoms. The summed E-state index contributed by atoms with van der Waals surface area (Å²) in [5.41, 5.74) is 1.49. The lowest BCUT2D eigenvalue weighted by atomic mass is 9.99. The second-order valence-corrected chi connectivity index (χ2v) is 8.20. The molecule has 3 aliphatic heterocycles. The number of quaternary nitrogens is 1. The van der Waals surface area contributed by atoms with E-state index < -0.39 is 11.4 Å². The molecule has 3 aliphatic rings. The van der Waals surface area contributed by atoms with Crippen molar-refractivity contribution in [2.24, 2.45) is 0 Å². The first-order chi connectivity index (χ1) is 12.9. The van der Waals surface area contributed by atoms with Crippen LogP contribution in [0.3, 0.4) is 0 Å². The Morgan fingerprint density at radius 2 is 2.22 bits per heavy atom. The van der Waals surface area contributed by atoms with Gasteiger partial charge in [0.05, 0.1) is 24.0 Å². The van der Waals surface area contributed by atoms with Crippen LogP contribution in [0.1, 0.15) is 41.7 Å². The predicted molar refractivity (Wildman–Crippen MR) is 101 cm³/mol. The lowest BCUT2D eigenvalue weighted by Gasteiger charge is -2.44. The third-order valence-electron chi connectivity index (χ3n) is 6.85. The molecule has 7 heteroatoms. The highest BCUT2D eigenvalue weighted by Crippen LogP contribution is 2.45. The van der Waals surface area contributed by atoms with Crippen molar-refractivity contribution in [1.29, 1.82) is 0 Å². The highest BCUT2D eigenvalue weighted by molar-refractivity contribution is 5.96. The van der Waals surface area contributed by atoms with Crippen LogP contribution < -0.4 is 15.2 Å². The number of halogens is 1. The Labute approximate surface area is 155 Å². The van der Waals surface area contributed by atoms with Crippen molar-refractivity contribution >= 4 is 22.6 Å². The minimum absolute atomic E-state index is 0.00363. The number of carbonyl (C=O) groups is 1. The van der Waals surface area contributed by atoms with Gasteiger partial charge in [0, 0.05) is 50.2 Å². The number of nitrogens with zero attached hydrogens (tertiary/aromatic N) is 2. The third-order valence-corrected chi connectivity index (χ3v) is 6.85. The van der Waals surface area contributed by atoms with Crippen molar-refractivity contribution in [3.63, 3.8) is 0 Å². The fraction of sp³-hybridized carbons (Fsp3) is 0.500. The van der Waals surface area contributed by atoms with Crippen LogP contribution in [-0.2, 0) is 6.42 Å². The average Bonchev–Trinajstić information content (AvgIpc) is 3.19. The summed E-state index contributed by atoms with van der Waals surface area (Å²) in [4.78, 5) is 24.2. The number of hydrogen-bond donors (Lipinski definition) is 2. The number of carboxylic acid groups (broad SMARTS) is 1. The number of carboxylic acids is 1. The van der Waals surface area contributed by atoms with E-state index in [1.54, 1.807) is 0 Å². The van der Waals surface area contributed by atoms with Crippen LogP contribution in [0.4, 0.5) is 10.1 Å². The van der Waals surface area contributed by atoms with Crippen molar-refractivity contribution in [2.45, 2.75) is 38.3 Å². The van der Waals surface area contributed by atoms with E-state index in [2.05, 4.69) is 5.32 Å². The summed E-state index contributed by atoms with van der Waals surface area (Å²) in [6.45, 7) is 5.51. The molecule has 3 unspecified atom stereocenters. The standard InChI is InChI=1S/C20H22FN3O3/c1-11-7-13-17-14(19(25)15(20(26)27)10-23(11)17)8-16(21)18(13)24-5-2-3-12(24)9-22-4-6-24/h8,10-12,22H,2-7,9H2,1H3/p+1. The SMILES string of the molecule is CC1Cc2c([N+]34CCCC3CNCC4)c(F)cc3c(=O)c(C(=O)O)cn1c23. The smallest absolute Gasteiger partial charge is 0.341 e. The molecule has 3 atom stereocenters. The molecule has 1 aromatic heterocycles. The van der Waals surface area contributed by atoms with Gasteiger partial charge in [-0.2, -0.15) is 0 Å². The van der Waals surface area contributed by atoms with Crippen molar-refractivity contribution in [3.05, 3.63) is 39.4 Å². The zero-order valence-corrected chi connectivity index (χ0v) is 15.3. The molecule has 0 radical (unpaired) electrons. The number of aromatic nitrogens is 1. The first-order valence-corrected chi connectivity index (χ1v) is 9.65. The molecule has 2 fully saturated rings. The van der Waals surface area contributed by atoms with Crippen LogP contribution in [0.15, 0.2) is 17.1 Å². The minimum Gasteiger partial charge on any atom is -0.477 e. The van der Waals surface area contributed by atoms with Gasteiger partial charge in [-0.3, -0.25) is 9.28 Å². The molecule has 27 heavy (non-hydrogen) atoms. The van der Waals surface area contributed by atoms with Gasteiger partial charge in [0.1, 0.15) is 11.6 Å². The van der Waals surface area contributed by atoms with Gasteiger partial charge in [-0.1, -0.05) is 0 Å². The second kappa shape index (κ2) is 5.62. The van der Waals surface area contributed by atoms with E-state index in [0.717, 1.165) is 55.8 Å². The van der Waals surface area contributed by atoms with E-state index >= 15 is 4.39 Å².